The monoisotopic (exact) mass is 407 g/mol. The van der Waals surface area contributed by atoms with Gasteiger partial charge in [0.25, 0.3) is 0 Å². The summed E-state index contributed by atoms with van der Waals surface area (Å²) in [7, 11) is 0. The van der Waals surface area contributed by atoms with Gasteiger partial charge in [0.1, 0.15) is 0 Å². The predicted molar refractivity (Wildman–Crippen MR) is 106 cm³/mol. The number of benzene rings is 2. The summed E-state index contributed by atoms with van der Waals surface area (Å²) in [6, 6.07) is 10.6. The molecule has 7 heteroatoms. The third-order valence-corrected chi connectivity index (χ3v) is 5.56. The van der Waals surface area contributed by atoms with E-state index in [1.165, 1.54) is 12.1 Å². The molecule has 0 fully saturated rings. The fourth-order valence-corrected chi connectivity index (χ4v) is 4.08. The minimum absolute atomic E-state index is 0.541. The van der Waals surface area contributed by atoms with Gasteiger partial charge in [-0.1, -0.05) is 37.3 Å². The number of thioether (sulfide) groups is 1. The first-order valence-electron chi connectivity index (χ1n) is 8.71. The van der Waals surface area contributed by atoms with Crippen LogP contribution in [0, 0.1) is 5.92 Å². The lowest BCUT2D eigenvalue weighted by Crippen LogP contribution is -2.20. The molecule has 0 aliphatic rings. The highest BCUT2D eigenvalue weighted by atomic mass is 32.2. The number of halogens is 3. The van der Waals surface area contributed by atoms with Crippen molar-refractivity contribution in [3.63, 3.8) is 0 Å². The molecule has 2 unspecified atom stereocenters. The lowest BCUT2D eigenvalue weighted by molar-refractivity contribution is -0.141. The van der Waals surface area contributed by atoms with Crippen LogP contribution in [0.5, 0.6) is 0 Å². The van der Waals surface area contributed by atoms with E-state index >= 15 is 0 Å². The molecule has 2 N–H and O–H groups in total. The zero-order valence-corrected chi connectivity index (χ0v) is 16.2. The van der Waals surface area contributed by atoms with E-state index in [0.717, 1.165) is 39.9 Å². The summed E-state index contributed by atoms with van der Waals surface area (Å²) >= 11 is 1.68. The van der Waals surface area contributed by atoms with Crippen molar-refractivity contribution in [2.24, 2.45) is 5.92 Å². The van der Waals surface area contributed by atoms with Gasteiger partial charge in [-0.15, -0.1) is 0 Å². The van der Waals surface area contributed by atoms with Crippen molar-refractivity contribution in [3.8, 4) is 0 Å². The molecule has 3 nitrogen and oxygen atoms in total. The molecule has 0 amide bonds. The first-order chi connectivity index (χ1) is 13.2. The molecule has 148 valence electrons. The largest absolute Gasteiger partial charge is 0.481 e. The van der Waals surface area contributed by atoms with Crippen LogP contribution in [0.2, 0.25) is 0 Å². The number of aromatic amines is 1. The van der Waals surface area contributed by atoms with Crippen LogP contribution in [0.1, 0.15) is 35.1 Å². The number of H-pyrrole nitrogens is 1. The Labute approximate surface area is 165 Å². The van der Waals surface area contributed by atoms with Crippen molar-refractivity contribution in [2.75, 3.05) is 6.26 Å². The topological polar surface area (TPSA) is 53.1 Å². The number of carbonyl (C=O) groups is 1. The number of carboxylic acids is 1. The van der Waals surface area contributed by atoms with Crippen LogP contribution < -0.4 is 0 Å². The lowest BCUT2D eigenvalue weighted by atomic mass is 9.81. The highest BCUT2D eigenvalue weighted by molar-refractivity contribution is 7.97. The quantitative estimate of drug-likeness (QED) is 0.535. The molecular formula is C21H20F3NO2S. The fraction of sp³-hybridized carbons (Fsp3) is 0.286. The molecule has 1 heterocycles. The van der Waals surface area contributed by atoms with Crippen molar-refractivity contribution in [1.82, 2.24) is 4.98 Å². The number of nitrogens with one attached hydrogen (secondary N) is 1. The van der Waals surface area contributed by atoms with Gasteiger partial charge >= 0.3 is 12.1 Å². The van der Waals surface area contributed by atoms with Crippen LogP contribution >= 0.6 is 11.8 Å². The van der Waals surface area contributed by atoms with Gasteiger partial charge in [-0.05, 0) is 35.1 Å². The van der Waals surface area contributed by atoms with Gasteiger partial charge in [0.05, 0.1) is 11.5 Å². The molecule has 3 aromatic rings. The van der Waals surface area contributed by atoms with E-state index in [9.17, 15) is 23.1 Å². The first-order valence-corrected chi connectivity index (χ1v) is 10.1. The smallest absolute Gasteiger partial charge is 0.416 e. The Morgan fingerprint density at radius 3 is 2.43 bits per heavy atom. The number of para-hydroxylation sites is 1. The number of rotatable bonds is 6. The maximum absolute atomic E-state index is 12.9. The Morgan fingerprint density at radius 1 is 1.18 bits per heavy atom. The van der Waals surface area contributed by atoms with E-state index in [2.05, 4.69) is 4.98 Å². The summed E-state index contributed by atoms with van der Waals surface area (Å²) < 4.78 is 38.7. The van der Waals surface area contributed by atoms with Crippen molar-refractivity contribution in [2.45, 2.75) is 24.8 Å². The van der Waals surface area contributed by atoms with Crippen molar-refractivity contribution in [3.05, 3.63) is 70.9 Å². The molecule has 3 rings (SSSR count). The zero-order chi connectivity index (χ0) is 20.5. The summed E-state index contributed by atoms with van der Waals surface area (Å²) in [6.45, 7) is 1.58. The summed E-state index contributed by atoms with van der Waals surface area (Å²) in [5.41, 5.74) is 2.59. The molecule has 0 aliphatic heterocycles. The first kappa shape index (κ1) is 20.3. The van der Waals surface area contributed by atoms with Crippen LogP contribution in [-0.4, -0.2) is 22.3 Å². The Kier molecular flexibility index (Phi) is 5.74. The van der Waals surface area contributed by atoms with Crippen molar-refractivity contribution >= 4 is 28.6 Å². The number of hydrogen-bond acceptors (Lipinski definition) is 2. The molecule has 28 heavy (non-hydrogen) atoms. The summed E-state index contributed by atoms with van der Waals surface area (Å²) in [6.07, 6.45) is -0.656. The number of aromatic nitrogens is 1. The SMILES string of the molecule is CSCc1cccc2c(C(c3ccc(C(F)(F)F)cc3)C(C)C(=O)O)c[nH]c12. The Bertz CT molecular complexity index is 979. The van der Waals surface area contributed by atoms with Crippen LogP contribution in [0.15, 0.2) is 48.7 Å². The summed E-state index contributed by atoms with van der Waals surface area (Å²) in [4.78, 5) is 15.0. The number of alkyl halides is 3. The average Bonchev–Trinajstić information content (AvgIpc) is 3.07. The molecular weight excluding hydrogens is 387 g/mol. The van der Waals surface area contributed by atoms with E-state index < -0.39 is 29.5 Å². The highest BCUT2D eigenvalue weighted by Gasteiger charge is 2.32. The second-order valence-corrected chi connectivity index (χ2v) is 7.61. The molecule has 0 saturated carbocycles. The standard InChI is InChI=1S/C21H20F3NO2S/c1-12(20(26)27)18(13-6-8-15(9-7-13)21(22,23)24)17-10-25-19-14(11-28-2)4-3-5-16(17)19/h3-10,12,18,25H,11H2,1-2H3,(H,26,27). The van der Waals surface area contributed by atoms with Crippen LogP contribution in [0.4, 0.5) is 13.2 Å². The second-order valence-electron chi connectivity index (χ2n) is 6.74. The Morgan fingerprint density at radius 2 is 1.86 bits per heavy atom. The van der Waals surface area contributed by atoms with Crippen LogP contribution in [-0.2, 0) is 16.7 Å². The molecule has 0 bridgehead atoms. The fourth-order valence-electron chi connectivity index (χ4n) is 3.53. The van der Waals surface area contributed by atoms with E-state index in [1.807, 2.05) is 24.5 Å². The van der Waals surface area contributed by atoms with Gasteiger partial charge in [-0.3, -0.25) is 4.79 Å². The normalized spacial score (nSPS) is 14.2. The van der Waals surface area contributed by atoms with Crippen LogP contribution in [0.3, 0.4) is 0 Å². The van der Waals surface area contributed by atoms with Gasteiger partial charge in [-0.25, -0.2) is 0 Å². The number of aliphatic carboxylic acids is 1. The zero-order valence-electron chi connectivity index (χ0n) is 15.4. The Hall–Kier alpha value is -2.41. The van der Waals surface area contributed by atoms with Gasteiger partial charge in [0, 0.05) is 28.8 Å². The van der Waals surface area contributed by atoms with Crippen molar-refractivity contribution in [1.29, 1.82) is 0 Å². The molecule has 0 spiro atoms. The van der Waals surface area contributed by atoms with E-state index in [4.69, 9.17) is 0 Å². The number of carboxylic acid groups (broad SMARTS) is 1. The minimum atomic E-state index is -4.43. The molecule has 1 aromatic heterocycles. The van der Waals surface area contributed by atoms with Gasteiger partial charge in [0.15, 0.2) is 0 Å². The van der Waals surface area contributed by atoms with Crippen LogP contribution in [0.25, 0.3) is 10.9 Å². The van der Waals surface area contributed by atoms with E-state index in [-0.39, 0.29) is 0 Å². The average molecular weight is 407 g/mol. The molecule has 2 atom stereocenters. The van der Waals surface area contributed by atoms with Crippen molar-refractivity contribution < 1.29 is 23.1 Å². The Balaban J connectivity index is 2.13. The van der Waals surface area contributed by atoms with Gasteiger partial charge in [-0.2, -0.15) is 24.9 Å². The maximum atomic E-state index is 12.9. The summed E-state index contributed by atoms with van der Waals surface area (Å²) in [5, 5.41) is 10.5. The van der Waals surface area contributed by atoms with Gasteiger partial charge in [0.2, 0.25) is 0 Å². The molecule has 0 saturated heterocycles. The predicted octanol–water partition coefficient (Wildman–Crippen LogP) is 5.90. The van der Waals surface area contributed by atoms with Gasteiger partial charge < -0.3 is 10.1 Å². The third-order valence-electron chi connectivity index (χ3n) is 4.96. The molecule has 0 radical (unpaired) electrons. The minimum Gasteiger partial charge on any atom is -0.481 e. The third kappa shape index (κ3) is 3.90. The molecule has 2 aromatic carbocycles. The lowest BCUT2D eigenvalue weighted by Gasteiger charge is -2.22. The second kappa shape index (κ2) is 7.91. The van der Waals surface area contributed by atoms with E-state index in [0.29, 0.717) is 5.56 Å². The molecule has 0 aliphatic carbocycles. The maximum Gasteiger partial charge on any atom is 0.416 e. The number of fused-ring (bicyclic) bond motifs is 1. The van der Waals surface area contributed by atoms with E-state index in [1.54, 1.807) is 24.9 Å². The number of hydrogen-bond donors (Lipinski definition) is 2. The summed E-state index contributed by atoms with van der Waals surface area (Å²) in [5.74, 6) is -1.57. The highest BCUT2D eigenvalue weighted by Crippen LogP contribution is 2.39.